The normalized spacial score (nSPS) is 10.4. The Bertz CT molecular complexity index is 766. The van der Waals surface area contributed by atoms with Crippen LogP contribution in [0.3, 0.4) is 0 Å². The lowest BCUT2D eigenvalue weighted by Gasteiger charge is -2.25. The monoisotopic (exact) mass is 378 g/mol. The Hall–Kier alpha value is -2.04. The molecular weight excluding hydrogens is 359 g/mol. The second-order valence-electron chi connectivity index (χ2n) is 5.85. The van der Waals surface area contributed by atoms with Gasteiger partial charge in [0.25, 0.3) is 5.91 Å². The van der Waals surface area contributed by atoms with Gasteiger partial charge in [-0.15, -0.1) is 0 Å². The Balaban J connectivity index is 2.07. The number of hydrogen-bond donors (Lipinski definition) is 1. The summed E-state index contributed by atoms with van der Waals surface area (Å²) in [6.07, 6.45) is 0. The smallest absolute Gasteiger partial charge is 0.251 e. The van der Waals surface area contributed by atoms with Gasteiger partial charge in [0.2, 0.25) is 5.91 Å². The van der Waals surface area contributed by atoms with Crippen molar-refractivity contribution in [3.05, 3.63) is 63.1 Å². The number of rotatable bonds is 5. The van der Waals surface area contributed by atoms with Crippen molar-refractivity contribution in [3.63, 3.8) is 0 Å². The zero-order valence-corrected chi connectivity index (χ0v) is 15.9. The molecule has 0 bridgehead atoms. The molecular formula is C19H20Cl2N2O2. The molecule has 0 atom stereocenters. The summed E-state index contributed by atoms with van der Waals surface area (Å²) in [7, 11) is 0. The van der Waals surface area contributed by atoms with Crippen LogP contribution in [0.5, 0.6) is 0 Å². The summed E-state index contributed by atoms with van der Waals surface area (Å²) in [4.78, 5) is 25.8. The van der Waals surface area contributed by atoms with Crippen molar-refractivity contribution >= 4 is 40.7 Å². The van der Waals surface area contributed by atoms with Crippen molar-refractivity contribution < 1.29 is 9.59 Å². The third kappa shape index (κ3) is 4.97. The van der Waals surface area contributed by atoms with Gasteiger partial charge in [0.15, 0.2) is 0 Å². The molecule has 2 rings (SSSR count). The second kappa shape index (κ2) is 8.37. The molecule has 0 aliphatic heterocycles. The van der Waals surface area contributed by atoms with Crippen molar-refractivity contribution in [2.24, 2.45) is 0 Å². The average molecular weight is 379 g/mol. The summed E-state index contributed by atoms with van der Waals surface area (Å²) in [5.74, 6) is -0.346. The summed E-state index contributed by atoms with van der Waals surface area (Å²) in [6.45, 7) is 5.99. The largest absolute Gasteiger partial charge is 0.350 e. The minimum atomic E-state index is -0.216. The van der Waals surface area contributed by atoms with Crippen LogP contribution in [0.15, 0.2) is 36.4 Å². The molecule has 0 aromatic heterocycles. The molecule has 2 amide bonds. The van der Waals surface area contributed by atoms with E-state index < -0.39 is 0 Å². The summed E-state index contributed by atoms with van der Waals surface area (Å²) in [5, 5.41) is 3.90. The standard InChI is InChI=1S/C19H20Cl2N2O2/c1-12-10-13(2)18(17(21)11-12)23(14(3)24)9-8-22-19(25)15-4-6-16(20)7-5-15/h4-7,10-11H,8-9H2,1-3H3,(H,22,25). The maximum Gasteiger partial charge on any atom is 0.251 e. The molecule has 0 aliphatic carbocycles. The van der Waals surface area contributed by atoms with E-state index in [1.54, 1.807) is 29.2 Å². The van der Waals surface area contributed by atoms with Crippen LogP contribution in [0.25, 0.3) is 0 Å². The van der Waals surface area contributed by atoms with Crippen LogP contribution in [0, 0.1) is 13.8 Å². The van der Waals surface area contributed by atoms with Gasteiger partial charge in [0, 0.05) is 30.6 Å². The second-order valence-corrected chi connectivity index (χ2v) is 6.69. The van der Waals surface area contributed by atoms with E-state index in [2.05, 4.69) is 5.32 Å². The molecule has 6 heteroatoms. The highest BCUT2D eigenvalue weighted by Crippen LogP contribution is 2.31. The number of nitrogens with zero attached hydrogens (tertiary/aromatic N) is 1. The first-order valence-corrected chi connectivity index (χ1v) is 8.64. The molecule has 0 spiro atoms. The summed E-state index contributed by atoms with van der Waals surface area (Å²) in [6, 6.07) is 10.4. The van der Waals surface area contributed by atoms with Gasteiger partial charge in [-0.25, -0.2) is 0 Å². The van der Waals surface area contributed by atoms with Crippen LogP contribution in [0.2, 0.25) is 10.0 Å². The molecule has 0 unspecified atom stereocenters. The molecule has 2 aromatic carbocycles. The molecule has 0 fully saturated rings. The van der Waals surface area contributed by atoms with Gasteiger partial charge in [-0.2, -0.15) is 0 Å². The average Bonchev–Trinajstić information content (AvgIpc) is 2.52. The van der Waals surface area contributed by atoms with E-state index in [-0.39, 0.29) is 11.8 Å². The van der Waals surface area contributed by atoms with Crippen LogP contribution >= 0.6 is 23.2 Å². The fraction of sp³-hybridized carbons (Fsp3) is 0.263. The molecule has 0 heterocycles. The first-order chi connectivity index (χ1) is 11.8. The highest BCUT2D eigenvalue weighted by molar-refractivity contribution is 6.34. The molecule has 0 radical (unpaired) electrons. The predicted octanol–water partition coefficient (Wildman–Crippen LogP) is 4.39. The predicted molar refractivity (Wildman–Crippen MR) is 103 cm³/mol. The van der Waals surface area contributed by atoms with Crippen LogP contribution in [0.1, 0.15) is 28.4 Å². The maximum absolute atomic E-state index is 12.1. The van der Waals surface area contributed by atoms with E-state index >= 15 is 0 Å². The number of nitrogens with one attached hydrogen (secondary N) is 1. The molecule has 4 nitrogen and oxygen atoms in total. The van der Waals surface area contributed by atoms with Crippen LogP contribution in [-0.2, 0) is 4.79 Å². The molecule has 0 saturated heterocycles. The molecule has 0 aliphatic rings. The number of anilines is 1. The van der Waals surface area contributed by atoms with E-state index in [9.17, 15) is 9.59 Å². The van der Waals surface area contributed by atoms with E-state index in [1.165, 1.54) is 6.92 Å². The van der Waals surface area contributed by atoms with Gasteiger partial charge in [-0.3, -0.25) is 9.59 Å². The van der Waals surface area contributed by atoms with Crippen LogP contribution < -0.4 is 10.2 Å². The Morgan fingerprint density at radius 3 is 2.28 bits per heavy atom. The van der Waals surface area contributed by atoms with Crippen molar-refractivity contribution in [2.45, 2.75) is 20.8 Å². The lowest BCUT2D eigenvalue weighted by Crippen LogP contribution is -2.38. The Morgan fingerprint density at radius 2 is 1.72 bits per heavy atom. The van der Waals surface area contributed by atoms with E-state index in [1.807, 2.05) is 26.0 Å². The lowest BCUT2D eigenvalue weighted by atomic mass is 10.1. The summed E-state index contributed by atoms with van der Waals surface area (Å²) >= 11 is 12.1. The van der Waals surface area contributed by atoms with Gasteiger partial charge < -0.3 is 10.2 Å². The maximum atomic E-state index is 12.1. The van der Waals surface area contributed by atoms with E-state index in [4.69, 9.17) is 23.2 Å². The van der Waals surface area contributed by atoms with Crippen LogP contribution in [0.4, 0.5) is 5.69 Å². The van der Waals surface area contributed by atoms with Crippen molar-refractivity contribution in [2.75, 3.05) is 18.0 Å². The number of benzene rings is 2. The van der Waals surface area contributed by atoms with E-state index in [0.717, 1.165) is 11.1 Å². The van der Waals surface area contributed by atoms with E-state index in [0.29, 0.717) is 34.4 Å². The zero-order chi connectivity index (χ0) is 18.6. The number of hydrogen-bond acceptors (Lipinski definition) is 2. The highest BCUT2D eigenvalue weighted by Gasteiger charge is 2.18. The Labute approximate surface area is 157 Å². The minimum absolute atomic E-state index is 0.130. The molecule has 1 N–H and O–H groups in total. The fourth-order valence-electron chi connectivity index (χ4n) is 2.66. The number of carbonyl (C=O) groups excluding carboxylic acids is 2. The van der Waals surface area contributed by atoms with Gasteiger partial charge >= 0.3 is 0 Å². The number of amides is 2. The SMILES string of the molecule is CC(=O)N(CCNC(=O)c1ccc(Cl)cc1)c1c(C)cc(C)cc1Cl. The van der Waals surface area contributed by atoms with Gasteiger partial charge in [0.1, 0.15) is 0 Å². The zero-order valence-electron chi connectivity index (χ0n) is 14.4. The minimum Gasteiger partial charge on any atom is -0.350 e. The Kier molecular flexibility index (Phi) is 6.45. The molecule has 2 aromatic rings. The topological polar surface area (TPSA) is 49.4 Å². The number of carbonyl (C=O) groups is 2. The third-order valence-electron chi connectivity index (χ3n) is 3.78. The van der Waals surface area contributed by atoms with Crippen molar-refractivity contribution in [1.82, 2.24) is 5.32 Å². The highest BCUT2D eigenvalue weighted by atomic mass is 35.5. The van der Waals surface area contributed by atoms with Gasteiger partial charge in [0.05, 0.1) is 10.7 Å². The molecule has 132 valence electrons. The number of halogens is 2. The lowest BCUT2D eigenvalue weighted by molar-refractivity contribution is -0.116. The van der Waals surface area contributed by atoms with Gasteiger partial charge in [-0.05, 0) is 55.3 Å². The van der Waals surface area contributed by atoms with Crippen molar-refractivity contribution in [3.8, 4) is 0 Å². The molecule has 25 heavy (non-hydrogen) atoms. The quantitative estimate of drug-likeness (QED) is 0.838. The summed E-state index contributed by atoms with van der Waals surface area (Å²) < 4.78 is 0. The summed E-state index contributed by atoms with van der Waals surface area (Å²) in [5.41, 5.74) is 3.15. The third-order valence-corrected chi connectivity index (χ3v) is 4.32. The first kappa shape index (κ1) is 19.3. The van der Waals surface area contributed by atoms with Crippen molar-refractivity contribution in [1.29, 1.82) is 0 Å². The molecule has 0 saturated carbocycles. The fourth-order valence-corrected chi connectivity index (χ4v) is 3.21. The van der Waals surface area contributed by atoms with Gasteiger partial charge in [-0.1, -0.05) is 29.3 Å². The van der Waals surface area contributed by atoms with Crippen LogP contribution in [-0.4, -0.2) is 24.9 Å². The number of aryl methyl sites for hydroxylation is 2. The first-order valence-electron chi connectivity index (χ1n) is 7.88. The Morgan fingerprint density at radius 1 is 1.08 bits per heavy atom.